The number of carboxylic acid groups (broad SMARTS) is 1. The minimum atomic E-state index is -5.17. The van der Waals surface area contributed by atoms with E-state index in [1.54, 1.807) is 12.1 Å². The highest BCUT2D eigenvalue weighted by molar-refractivity contribution is 5.95. The highest BCUT2D eigenvalue weighted by Gasteiger charge is 2.66. The second kappa shape index (κ2) is 6.54. The second-order valence-electron chi connectivity index (χ2n) is 6.29. The maximum absolute atomic E-state index is 14.2. The van der Waals surface area contributed by atoms with Gasteiger partial charge in [0.15, 0.2) is 0 Å². The molecule has 1 aliphatic heterocycles. The number of rotatable bonds is 4. The van der Waals surface area contributed by atoms with Gasteiger partial charge in [-0.05, 0) is 19.1 Å². The van der Waals surface area contributed by atoms with E-state index in [2.05, 4.69) is 0 Å². The van der Waals surface area contributed by atoms with Crippen molar-refractivity contribution in [1.82, 2.24) is 0 Å². The molecule has 144 valence electrons. The Kier molecular flexibility index (Phi) is 4.65. The summed E-state index contributed by atoms with van der Waals surface area (Å²) in [5, 5.41) is 9.49. The molecule has 1 aromatic rings. The van der Waals surface area contributed by atoms with E-state index >= 15 is 0 Å². The Morgan fingerprint density at radius 1 is 1.26 bits per heavy atom. The molecule has 2 aliphatic rings. The standard InChI is InChI=1S/C19H17F3O5/c1-17(25-2)10-6-5-9-15(17)27-18(19(20,21)22)13(16(23)24)11-12-7-3-4-8-14(12)26-18/h3-11,15H,1-2H3,(H,23,24). The number of ether oxygens (including phenoxy) is 3. The molecule has 1 aliphatic carbocycles. The van der Waals surface area contributed by atoms with Gasteiger partial charge in [-0.2, -0.15) is 13.2 Å². The first-order valence-corrected chi connectivity index (χ1v) is 8.02. The first kappa shape index (κ1) is 19.2. The predicted octanol–water partition coefficient (Wildman–Crippen LogP) is 3.72. The Bertz CT molecular complexity index is 842. The number of aliphatic carboxylic acids is 1. The van der Waals surface area contributed by atoms with Gasteiger partial charge in [0.25, 0.3) is 0 Å². The Hall–Kier alpha value is -2.58. The summed E-state index contributed by atoms with van der Waals surface area (Å²) in [5.74, 6) is -5.42. The molecular formula is C19H17F3O5. The number of carbonyl (C=O) groups is 1. The summed E-state index contributed by atoms with van der Waals surface area (Å²) >= 11 is 0. The molecule has 0 radical (unpaired) electrons. The Balaban J connectivity index is 2.15. The van der Waals surface area contributed by atoms with E-state index in [4.69, 9.17) is 14.2 Å². The van der Waals surface area contributed by atoms with Crippen LogP contribution in [-0.4, -0.2) is 41.9 Å². The molecule has 27 heavy (non-hydrogen) atoms. The predicted molar refractivity (Wildman–Crippen MR) is 90.0 cm³/mol. The SMILES string of the molecule is COC1(C)C=CC=CC1OC1(C(F)(F)F)Oc2ccccc2C=C1C(=O)O. The van der Waals surface area contributed by atoms with Crippen LogP contribution >= 0.6 is 0 Å². The summed E-state index contributed by atoms with van der Waals surface area (Å²) in [6.45, 7) is 1.53. The molecule has 0 spiro atoms. The van der Waals surface area contributed by atoms with Crippen molar-refractivity contribution in [1.29, 1.82) is 0 Å². The van der Waals surface area contributed by atoms with Crippen LogP contribution in [0.4, 0.5) is 13.2 Å². The smallest absolute Gasteiger partial charge is 0.460 e. The maximum atomic E-state index is 14.2. The fourth-order valence-corrected chi connectivity index (χ4v) is 2.94. The zero-order valence-electron chi connectivity index (χ0n) is 14.5. The van der Waals surface area contributed by atoms with Crippen molar-refractivity contribution in [3.63, 3.8) is 0 Å². The quantitative estimate of drug-likeness (QED) is 0.860. The van der Waals surface area contributed by atoms with Gasteiger partial charge in [0.05, 0.1) is 0 Å². The summed E-state index contributed by atoms with van der Waals surface area (Å²) in [5.41, 5.74) is -2.08. The number of alkyl halides is 3. The minimum Gasteiger partial charge on any atom is -0.478 e. The zero-order chi connectivity index (χ0) is 19.9. The molecule has 0 fully saturated rings. The van der Waals surface area contributed by atoms with Gasteiger partial charge in [-0.3, -0.25) is 0 Å². The molecule has 0 saturated heterocycles. The van der Waals surface area contributed by atoms with Crippen LogP contribution in [0.25, 0.3) is 6.08 Å². The summed E-state index contributed by atoms with van der Waals surface area (Å²) in [4.78, 5) is 11.7. The summed E-state index contributed by atoms with van der Waals surface area (Å²) in [6.07, 6.45) is 0.492. The largest absolute Gasteiger partial charge is 0.478 e. The summed E-state index contributed by atoms with van der Waals surface area (Å²) in [6, 6.07) is 5.83. The van der Waals surface area contributed by atoms with Crippen molar-refractivity contribution in [3.05, 3.63) is 59.7 Å². The van der Waals surface area contributed by atoms with Gasteiger partial charge >= 0.3 is 17.9 Å². The van der Waals surface area contributed by atoms with E-state index < -0.39 is 35.2 Å². The molecule has 3 unspecified atom stereocenters. The molecule has 1 aromatic carbocycles. The fraction of sp³-hybridized carbons (Fsp3) is 0.316. The minimum absolute atomic E-state index is 0.130. The van der Waals surface area contributed by atoms with Gasteiger partial charge in [-0.1, -0.05) is 42.5 Å². The molecule has 0 amide bonds. The third-order valence-electron chi connectivity index (χ3n) is 4.55. The Labute approximate surface area is 153 Å². The average Bonchev–Trinajstić information content (AvgIpc) is 2.62. The lowest BCUT2D eigenvalue weighted by Crippen LogP contribution is -2.60. The van der Waals surface area contributed by atoms with Crippen LogP contribution < -0.4 is 4.74 Å². The van der Waals surface area contributed by atoms with Gasteiger partial charge in [0, 0.05) is 12.7 Å². The zero-order valence-corrected chi connectivity index (χ0v) is 14.5. The van der Waals surface area contributed by atoms with Crippen molar-refractivity contribution >= 4 is 12.0 Å². The number of methoxy groups -OCH3 is 1. The second-order valence-corrected chi connectivity index (χ2v) is 6.29. The van der Waals surface area contributed by atoms with Crippen LogP contribution in [0.1, 0.15) is 12.5 Å². The van der Waals surface area contributed by atoms with Crippen LogP contribution in [0.15, 0.2) is 54.1 Å². The fourth-order valence-electron chi connectivity index (χ4n) is 2.94. The highest BCUT2D eigenvalue weighted by Crippen LogP contribution is 2.48. The van der Waals surface area contributed by atoms with Crippen LogP contribution in [-0.2, 0) is 14.3 Å². The van der Waals surface area contributed by atoms with Crippen LogP contribution in [0, 0.1) is 0 Å². The van der Waals surface area contributed by atoms with Gasteiger partial charge < -0.3 is 19.3 Å². The van der Waals surface area contributed by atoms with Crippen molar-refractivity contribution in [2.45, 2.75) is 30.6 Å². The van der Waals surface area contributed by atoms with Crippen molar-refractivity contribution in [2.75, 3.05) is 7.11 Å². The molecule has 3 atom stereocenters. The van der Waals surface area contributed by atoms with Crippen molar-refractivity contribution < 1.29 is 37.3 Å². The number of halogens is 3. The molecular weight excluding hydrogens is 365 g/mol. The molecule has 0 aromatic heterocycles. The number of benzene rings is 1. The van der Waals surface area contributed by atoms with E-state index in [-0.39, 0.29) is 11.3 Å². The van der Waals surface area contributed by atoms with E-state index in [1.807, 2.05) is 0 Å². The number of hydrogen-bond donors (Lipinski definition) is 1. The molecule has 8 heteroatoms. The first-order chi connectivity index (χ1) is 12.6. The Morgan fingerprint density at radius 2 is 1.96 bits per heavy atom. The van der Waals surface area contributed by atoms with Crippen LogP contribution in [0.2, 0.25) is 0 Å². The van der Waals surface area contributed by atoms with Crippen LogP contribution in [0.5, 0.6) is 5.75 Å². The molecule has 0 saturated carbocycles. The lowest BCUT2D eigenvalue weighted by Gasteiger charge is -2.43. The average molecular weight is 382 g/mol. The van der Waals surface area contributed by atoms with E-state index in [9.17, 15) is 23.1 Å². The monoisotopic (exact) mass is 382 g/mol. The lowest BCUT2D eigenvalue weighted by molar-refractivity contribution is -0.350. The molecule has 3 rings (SSSR count). The topological polar surface area (TPSA) is 65.0 Å². The maximum Gasteiger partial charge on any atom is 0.460 e. The number of carboxylic acids is 1. The number of para-hydroxylation sites is 1. The van der Waals surface area contributed by atoms with E-state index in [1.165, 1.54) is 50.5 Å². The van der Waals surface area contributed by atoms with Gasteiger partial charge in [0.2, 0.25) is 0 Å². The van der Waals surface area contributed by atoms with Gasteiger partial charge in [0.1, 0.15) is 23.0 Å². The molecule has 5 nitrogen and oxygen atoms in total. The summed E-state index contributed by atoms with van der Waals surface area (Å²) < 4.78 is 58.4. The summed E-state index contributed by atoms with van der Waals surface area (Å²) in [7, 11) is 1.32. The molecule has 0 bridgehead atoms. The van der Waals surface area contributed by atoms with Crippen LogP contribution in [0.3, 0.4) is 0 Å². The Morgan fingerprint density at radius 3 is 2.59 bits per heavy atom. The van der Waals surface area contributed by atoms with Gasteiger partial charge in [-0.25, -0.2) is 4.79 Å². The molecule has 1 N–H and O–H groups in total. The number of fused-ring (bicyclic) bond motifs is 1. The third kappa shape index (κ3) is 3.15. The normalized spacial score (nSPS) is 29.7. The first-order valence-electron chi connectivity index (χ1n) is 8.02. The highest BCUT2D eigenvalue weighted by atomic mass is 19.4. The van der Waals surface area contributed by atoms with Crippen molar-refractivity contribution in [3.8, 4) is 5.75 Å². The van der Waals surface area contributed by atoms with E-state index in [0.717, 1.165) is 6.08 Å². The third-order valence-corrected chi connectivity index (χ3v) is 4.55. The van der Waals surface area contributed by atoms with E-state index in [0.29, 0.717) is 0 Å². The van der Waals surface area contributed by atoms with Crippen molar-refractivity contribution in [2.24, 2.45) is 0 Å². The number of hydrogen-bond acceptors (Lipinski definition) is 4. The van der Waals surface area contributed by atoms with Gasteiger partial charge in [-0.15, -0.1) is 0 Å². The number of allylic oxidation sites excluding steroid dienone is 2. The lowest BCUT2D eigenvalue weighted by atomic mass is 9.92. The molecule has 1 heterocycles.